The lowest BCUT2D eigenvalue weighted by Crippen LogP contribution is -2.21. The molecule has 94 valence electrons. The van der Waals surface area contributed by atoms with E-state index in [1.54, 1.807) is 17.6 Å². The normalized spacial score (nSPS) is 15.2. The molecule has 1 aliphatic rings. The van der Waals surface area contributed by atoms with Crippen LogP contribution in [0.1, 0.15) is 18.4 Å². The average Bonchev–Trinajstić information content (AvgIpc) is 3.12. The number of aromatic nitrogens is 2. The number of phenolic OH excluding ortho intramolecular Hbond substituents is 1. The van der Waals surface area contributed by atoms with Crippen LogP contribution >= 0.6 is 11.6 Å². The molecule has 1 aromatic heterocycles. The zero-order valence-corrected chi connectivity index (χ0v) is 10.7. The highest BCUT2D eigenvalue weighted by atomic mass is 35.5. The van der Waals surface area contributed by atoms with Gasteiger partial charge < -0.3 is 5.11 Å². The molecular weight excluding hydrogens is 252 g/mol. The summed E-state index contributed by atoms with van der Waals surface area (Å²) in [5.74, 6) is 0.616. The van der Waals surface area contributed by atoms with Crippen molar-refractivity contribution in [3.63, 3.8) is 0 Å². The molecule has 0 aliphatic heterocycles. The highest BCUT2D eigenvalue weighted by molar-refractivity contribution is 6.35. The lowest BCUT2D eigenvalue weighted by Gasteiger charge is -2.09. The van der Waals surface area contributed by atoms with Crippen LogP contribution in [0, 0.1) is 12.8 Å². The molecule has 3 rings (SSSR count). The highest BCUT2D eigenvalue weighted by Crippen LogP contribution is 2.32. The molecule has 0 radical (unpaired) electrons. The Morgan fingerprint density at radius 1 is 1.56 bits per heavy atom. The van der Waals surface area contributed by atoms with Gasteiger partial charge in [-0.15, -0.1) is 0 Å². The van der Waals surface area contributed by atoms with Gasteiger partial charge in [-0.2, -0.15) is 0 Å². The van der Waals surface area contributed by atoms with Gasteiger partial charge in [0.15, 0.2) is 0 Å². The van der Waals surface area contributed by atoms with Crippen molar-refractivity contribution in [2.24, 2.45) is 5.92 Å². The van der Waals surface area contributed by atoms with Crippen molar-refractivity contribution in [2.45, 2.75) is 26.3 Å². The molecule has 0 bridgehead atoms. The van der Waals surface area contributed by atoms with E-state index < -0.39 is 0 Å². The van der Waals surface area contributed by atoms with Gasteiger partial charge in [-0.1, -0.05) is 11.6 Å². The molecule has 1 heterocycles. The highest BCUT2D eigenvalue weighted by Gasteiger charge is 2.23. The summed E-state index contributed by atoms with van der Waals surface area (Å²) >= 11 is 6.10. The molecule has 4 nitrogen and oxygen atoms in total. The summed E-state index contributed by atoms with van der Waals surface area (Å²) in [5, 5.41) is 10.6. The van der Waals surface area contributed by atoms with Gasteiger partial charge >= 0.3 is 0 Å². The Kier molecular flexibility index (Phi) is 2.55. The lowest BCUT2D eigenvalue weighted by atomic mass is 10.1. The number of benzene rings is 1. The predicted molar refractivity (Wildman–Crippen MR) is 70.1 cm³/mol. The molecule has 1 saturated carbocycles. The summed E-state index contributed by atoms with van der Waals surface area (Å²) < 4.78 is 1.58. The van der Waals surface area contributed by atoms with E-state index in [9.17, 15) is 9.90 Å². The quantitative estimate of drug-likeness (QED) is 0.907. The first-order chi connectivity index (χ1) is 8.58. The van der Waals surface area contributed by atoms with E-state index in [2.05, 4.69) is 4.98 Å². The number of aromatic hydroxyl groups is 1. The number of halogens is 1. The van der Waals surface area contributed by atoms with Crippen LogP contribution in [0.4, 0.5) is 0 Å². The topological polar surface area (TPSA) is 55.1 Å². The van der Waals surface area contributed by atoms with Crippen molar-refractivity contribution in [1.82, 2.24) is 9.55 Å². The minimum Gasteiger partial charge on any atom is -0.505 e. The van der Waals surface area contributed by atoms with Crippen LogP contribution in [0.2, 0.25) is 5.02 Å². The summed E-state index contributed by atoms with van der Waals surface area (Å²) in [5.41, 5.74) is 0.739. The van der Waals surface area contributed by atoms with Gasteiger partial charge in [0.25, 0.3) is 5.56 Å². The van der Waals surface area contributed by atoms with Gasteiger partial charge in [-0.25, -0.2) is 4.98 Å². The van der Waals surface area contributed by atoms with Crippen LogP contribution in [0.5, 0.6) is 5.75 Å². The van der Waals surface area contributed by atoms with Crippen LogP contribution in [0.25, 0.3) is 10.9 Å². The smallest absolute Gasteiger partial charge is 0.262 e. The summed E-state index contributed by atoms with van der Waals surface area (Å²) in [4.78, 5) is 16.5. The van der Waals surface area contributed by atoms with Crippen LogP contribution in [-0.2, 0) is 6.54 Å². The Morgan fingerprint density at radius 3 is 2.94 bits per heavy atom. The largest absolute Gasteiger partial charge is 0.505 e. The Morgan fingerprint density at radius 2 is 2.28 bits per heavy atom. The Hall–Kier alpha value is -1.55. The first-order valence-corrected chi connectivity index (χ1v) is 6.33. The fraction of sp³-hybridized carbons (Fsp3) is 0.385. The Bertz CT molecular complexity index is 689. The maximum atomic E-state index is 12.3. The zero-order chi connectivity index (χ0) is 12.9. The van der Waals surface area contributed by atoms with Crippen LogP contribution in [0.15, 0.2) is 17.2 Å². The maximum Gasteiger partial charge on any atom is 0.262 e. The van der Waals surface area contributed by atoms with Gasteiger partial charge in [-0.3, -0.25) is 9.36 Å². The third-order valence-electron chi connectivity index (χ3n) is 3.37. The third kappa shape index (κ3) is 1.77. The molecule has 0 spiro atoms. The standard InChI is InChI=1S/C13H13ClN2O2/c1-7-4-9(14)10-11(12(7)17)15-6-16(13(10)18)5-8-2-3-8/h4,6,8,17H,2-3,5H2,1H3. The molecule has 18 heavy (non-hydrogen) atoms. The Balaban J connectivity index is 2.27. The number of hydrogen-bond donors (Lipinski definition) is 1. The SMILES string of the molecule is Cc1cc(Cl)c2c(=O)n(CC3CC3)cnc2c1O. The van der Waals surface area contributed by atoms with Crippen molar-refractivity contribution in [3.05, 3.63) is 33.3 Å². The molecule has 0 amide bonds. The van der Waals surface area contributed by atoms with Gasteiger partial charge in [0, 0.05) is 6.54 Å². The minimum atomic E-state index is -0.174. The molecule has 0 unspecified atom stereocenters. The van der Waals surface area contributed by atoms with E-state index in [4.69, 9.17) is 11.6 Å². The molecule has 1 fully saturated rings. The molecule has 1 aromatic carbocycles. The van der Waals surface area contributed by atoms with Gasteiger partial charge in [0.2, 0.25) is 0 Å². The third-order valence-corrected chi connectivity index (χ3v) is 3.67. The van der Waals surface area contributed by atoms with Crippen molar-refractivity contribution in [2.75, 3.05) is 0 Å². The molecule has 2 aromatic rings. The molecule has 0 atom stereocenters. The van der Waals surface area contributed by atoms with Crippen molar-refractivity contribution < 1.29 is 5.11 Å². The number of phenols is 1. The minimum absolute atomic E-state index is 0.0325. The number of rotatable bonds is 2. The van der Waals surface area contributed by atoms with E-state index in [-0.39, 0.29) is 16.8 Å². The van der Waals surface area contributed by atoms with Crippen LogP contribution in [-0.4, -0.2) is 14.7 Å². The molecule has 1 N–H and O–H groups in total. The first-order valence-electron chi connectivity index (χ1n) is 5.95. The van der Waals surface area contributed by atoms with Crippen molar-refractivity contribution >= 4 is 22.5 Å². The van der Waals surface area contributed by atoms with E-state index in [0.717, 1.165) is 12.8 Å². The number of nitrogens with zero attached hydrogens (tertiary/aromatic N) is 2. The fourth-order valence-electron chi connectivity index (χ4n) is 2.11. The zero-order valence-electron chi connectivity index (χ0n) is 9.98. The first kappa shape index (κ1) is 11.5. The van der Waals surface area contributed by atoms with Gasteiger partial charge in [0.05, 0.1) is 16.7 Å². The molecular formula is C13H13ClN2O2. The second-order valence-electron chi connectivity index (χ2n) is 4.89. The fourth-order valence-corrected chi connectivity index (χ4v) is 2.44. The number of fused-ring (bicyclic) bond motifs is 1. The van der Waals surface area contributed by atoms with E-state index in [1.807, 2.05) is 0 Å². The van der Waals surface area contributed by atoms with E-state index in [1.165, 1.54) is 6.33 Å². The van der Waals surface area contributed by atoms with E-state index >= 15 is 0 Å². The second kappa shape index (κ2) is 3.99. The van der Waals surface area contributed by atoms with Crippen LogP contribution in [0.3, 0.4) is 0 Å². The summed E-state index contributed by atoms with van der Waals surface area (Å²) in [6.07, 6.45) is 3.83. The van der Waals surface area contributed by atoms with Gasteiger partial charge in [-0.05, 0) is 37.3 Å². The Labute approximate surface area is 109 Å². The predicted octanol–water partition coefficient (Wildman–Crippen LogP) is 2.47. The summed E-state index contributed by atoms with van der Waals surface area (Å²) in [7, 11) is 0. The molecule has 0 saturated heterocycles. The molecule has 1 aliphatic carbocycles. The molecule has 5 heteroatoms. The van der Waals surface area contributed by atoms with Gasteiger partial charge in [0.1, 0.15) is 11.3 Å². The van der Waals surface area contributed by atoms with Crippen molar-refractivity contribution in [3.8, 4) is 5.75 Å². The maximum absolute atomic E-state index is 12.3. The lowest BCUT2D eigenvalue weighted by molar-refractivity contribution is 0.475. The average molecular weight is 265 g/mol. The number of hydrogen-bond acceptors (Lipinski definition) is 3. The monoisotopic (exact) mass is 264 g/mol. The second-order valence-corrected chi connectivity index (χ2v) is 5.30. The van der Waals surface area contributed by atoms with E-state index in [0.29, 0.717) is 28.4 Å². The summed E-state index contributed by atoms with van der Waals surface area (Å²) in [6, 6.07) is 1.60. The summed E-state index contributed by atoms with van der Waals surface area (Å²) in [6.45, 7) is 2.42. The van der Waals surface area contributed by atoms with Crippen molar-refractivity contribution in [1.29, 1.82) is 0 Å². The number of aryl methyl sites for hydroxylation is 1. The van der Waals surface area contributed by atoms with Crippen LogP contribution < -0.4 is 5.56 Å².